The molecular formula is C27H20ClF2N5O9S2. The minimum Gasteiger partial charge on any atom is -0.496 e. The number of carbonyl (C=O) groups excluding carboxylic acids is 2. The number of hydrogen-bond acceptors (Lipinski definition) is 12. The summed E-state index contributed by atoms with van der Waals surface area (Å²) in [5.74, 6) is -3.07. The molecule has 0 saturated heterocycles. The molecule has 1 aromatic heterocycles. The van der Waals surface area contributed by atoms with Gasteiger partial charge in [-0.2, -0.15) is 30.6 Å². The monoisotopic (exact) mass is 695 g/mol. The molecule has 3 aromatic carbocycles. The number of nitrogens with two attached hydrogens (primary N) is 1. The minimum absolute atomic E-state index is 0.0621. The fourth-order valence-corrected chi connectivity index (χ4v) is 6.65. The molecule has 1 aliphatic rings. The Balaban J connectivity index is 1.67. The summed E-state index contributed by atoms with van der Waals surface area (Å²) in [5.41, 5.74) is 2.65. The van der Waals surface area contributed by atoms with E-state index in [2.05, 4.69) is 20.6 Å². The smallest absolute Gasteiger partial charge is 0.311 e. The molecule has 46 heavy (non-hydrogen) atoms. The maximum absolute atomic E-state index is 13.8. The van der Waals surface area contributed by atoms with E-state index in [4.69, 9.17) is 22.1 Å². The van der Waals surface area contributed by atoms with Crippen molar-refractivity contribution >= 4 is 60.5 Å². The van der Waals surface area contributed by atoms with Crippen molar-refractivity contribution in [3.63, 3.8) is 0 Å². The second kappa shape index (κ2) is 12.0. The van der Waals surface area contributed by atoms with Crippen molar-refractivity contribution in [2.24, 2.45) is 0 Å². The van der Waals surface area contributed by atoms with Gasteiger partial charge < -0.3 is 21.1 Å². The number of carbonyl (C=O) groups is 2. The molecule has 0 radical (unpaired) electrons. The minimum atomic E-state index is -5.17. The lowest BCUT2D eigenvalue weighted by atomic mass is 9.82. The summed E-state index contributed by atoms with van der Waals surface area (Å²) in [6.07, 6.45) is -1.41. The predicted molar refractivity (Wildman–Crippen MR) is 158 cm³/mol. The number of nitrogen functional groups attached to an aromatic ring is 1. The second-order valence-electron chi connectivity index (χ2n) is 9.64. The molecule has 14 nitrogen and oxygen atoms in total. The van der Waals surface area contributed by atoms with Gasteiger partial charge in [-0.05, 0) is 18.2 Å². The van der Waals surface area contributed by atoms with Crippen LogP contribution in [0.1, 0.15) is 43.1 Å². The van der Waals surface area contributed by atoms with Crippen molar-refractivity contribution < 1.29 is 49.0 Å². The average Bonchev–Trinajstić information content (AvgIpc) is 2.97. The Kier molecular flexibility index (Phi) is 8.53. The van der Waals surface area contributed by atoms with Crippen LogP contribution in [0.3, 0.4) is 0 Å². The van der Waals surface area contributed by atoms with Crippen LogP contribution in [-0.2, 0) is 33.3 Å². The first-order valence-corrected chi connectivity index (χ1v) is 15.9. The Labute approximate surface area is 264 Å². The van der Waals surface area contributed by atoms with Crippen LogP contribution in [-0.4, -0.2) is 54.6 Å². The number of methoxy groups -OCH3 is 1. The number of halogens is 3. The molecule has 240 valence electrons. The summed E-state index contributed by atoms with van der Waals surface area (Å²) in [6, 6.07) is 8.71. The fraction of sp³-hybridized carbons (Fsp3) is 0.111. The summed E-state index contributed by atoms with van der Waals surface area (Å²) in [7, 11) is -9.10. The highest BCUT2D eigenvalue weighted by molar-refractivity contribution is 7.86. The highest BCUT2D eigenvalue weighted by Gasteiger charge is 2.37. The largest absolute Gasteiger partial charge is 0.496 e. The van der Waals surface area contributed by atoms with E-state index in [0.29, 0.717) is 0 Å². The zero-order valence-corrected chi connectivity index (χ0v) is 25.5. The van der Waals surface area contributed by atoms with Crippen LogP contribution in [0.2, 0.25) is 5.02 Å². The predicted octanol–water partition coefficient (Wildman–Crippen LogP) is 3.30. The van der Waals surface area contributed by atoms with E-state index in [1.165, 1.54) is 37.4 Å². The van der Waals surface area contributed by atoms with Crippen molar-refractivity contribution in [2.45, 2.75) is 22.9 Å². The maximum Gasteiger partial charge on any atom is 0.311 e. The van der Waals surface area contributed by atoms with Gasteiger partial charge in [-0.15, -0.1) is 0 Å². The number of rotatable bonds is 9. The van der Waals surface area contributed by atoms with Crippen LogP contribution in [0.5, 0.6) is 5.75 Å². The summed E-state index contributed by atoms with van der Waals surface area (Å²) >= 11 is 5.79. The van der Waals surface area contributed by atoms with E-state index in [0.717, 1.165) is 12.1 Å². The summed E-state index contributed by atoms with van der Waals surface area (Å²) < 4.78 is 103. The van der Waals surface area contributed by atoms with Crippen molar-refractivity contribution in [3.8, 4) is 5.75 Å². The molecule has 0 saturated carbocycles. The van der Waals surface area contributed by atoms with Gasteiger partial charge in [0.15, 0.2) is 11.6 Å². The number of anilines is 3. The van der Waals surface area contributed by atoms with Gasteiger partial charge >= 0.3 is 6.08 Å². The summed E-state index contributed by atoms with van der Waals surface area (Å²) in [4.78, 5) is 31.6. The van der Waals surface area contributed by atoms with Crippen molar-refractivity contribution in [3.05, 3.63) is 93.0 Å². The molecule has 0 fully saturated rings. The number of aromatic nitrogens is 2. The maximum atomic E-state index is 13.8. The zero-order chi connectivity index (χ0) is 33.7. The third kappa shape index (κ3) is 5.88. The molecule has 19 heteroatoms. The Morgan fingerprint density at radius 1 is 0.913 bits per heavy atom. The van der Waals surface area contributed by atoms with Crippen LogP contribution in [0.15, 0.2) is 52.3 Å². The van der Waals surface area contributed by atoms with E-state index in [1.807, 2.05) is 0 Å². The van der Waals surface area contributed by atoms with Gasteiger partial charge in [0, 0.05) is 29.8 Å². The van der Waals surface area contributed by atoms with Crippen molar-refractivity contribution in [2.75, 3.05) is 18.2 Å². The van der Waals surface area contributed by atoms with E-state index < -0.39 is 99.9 Å². The van der Waals surface area contributed by atoms with E-state index >= 15 is 0 Å². The number of nitrogens with one attached hydrogen (secondary N) is 2. The molecule has 5 rings (SSSR count). The Bertz CT molecular complexity index is 2200. The number of hydrogen-bond donors (Lipinski definition) is 5. The van der Waals surface area contributed by atoms with E-state index in [1.54, 1.807) is 0 Å². The van der Waals surface area contributed by atoms with Gasteiger partial charge in [-0.3, -0.25) is 18.7 Å². The van der Waals surface area contributed by atoms with Crippen LogP contribution in [0, 0.1) is 12.0 Å². The summed E-state index contributed by atoms with van der Waals surface area (Å²) in [5, 5.41) is 4.67. The van der Waals surface area contributed by atoms with Crippen LogP contribution < -0.4 is 21.1 Å². The first-order chi connectivity index (χ1) is 21.5. The number of nitrogens with zero attached hydrogens (tertiary/aromatic N) is 2. The molecule has 0 spiro atoms. The number of ketones is 2. The fourth-order valence-electron chi connectivity index (χ4n) is 4.97. The zero-order valence-electron chi connectivity index (χ0n) is 23.1. The molecule has 0 amide bonds. The standard InChI is InChI=1S/C27H20ClF2N5O9S2/c1-44-17-7-6-14(25(46(41,42)43)13(17)9-32-10-16-21(28)26(29)35-27(30)34-16)33-15-8-18(45(38,39)40)22(31)20-19(15)23(36)11-4-2-3-5-12(11)24(20)37/h2-8,32-33H,9-10,31H2,1H3,(H,38,39,40)(H,41,42,43). The van der Waals surface area contributed by atoms with Crippen LogP contribution in [0.25, 0.3) is 0 Å². The first-order valence-electron chi connectivity index (χ1n) is 12.7. The van der Waals surface area contributed by atoms with Gasteiger partial charge in [0.05, 0.1) is 41.0 Å². The summed E-state index contributed by atoms with van der Waals surface area (Å²) in [6.45, 7) is -0.877. The Morgan fingerprint density at radius 3 is 2.13 bits per heavy atom. The van der Waals surface area contributed by atoms with Gasteiger partial charge in [0.1, 0.15) is 20.6 Å². The van der Waals surface area contributed by atoms with Gasteiger partial charge in [0.2, 0.25) is 5.95 Å². The quantitative estimate of drug-likeness (QED) is 0.0645. The van der Waals surface area contributed by atoms with Crippen molar-refractivity contribution in [1.82, 2.24) is 15.3 Å². The Morgan fingerprint density at radius 2 is 1.54 bits per heavy atom. The lowest BCUT2D eigenvalue weighted by Gasteiger charge is -2.24. The van der Waals surface area contributed by atoms with E-state index in [9.17, 15) is 44.3 Å². The number of fused-ring (bicyclic) bond motifs is 2. The lowest BCUT2D eigenvalue weighted by Crippen LogP contribution is -2.25. The number of ether oxygens (including phenoxy) is 1. The molecule has 4 aromatic rings. The average molecular weight is 696 g/mol. The molecule has 1 heterocycles. The van der Waals surface area contributed by atoms with Gasteiger partial charge in [-0.1, -0.05) is 35.9 Å². The molecule has 0 unspecified atom stereocenters. The third-order valence-corrected chi connectivity index (χ3v) is 9.14. The highest BCUT2D eigenvalue weighted by Crippen LogP contribution is 2.42. The van der Waals surface area contributed by atoms with Gasteiger partial charge in [0.25, 0.3) is 20.2 Å². The van der Waals surface area contributed by atoms with Crippen LogP contribution in [0.4, 0.5) is 25.8 Å². The van der Waals surface area contributed by atoms with Crippen molar-refractivity contribution in [1.29, 1.82) is 0 Å². The molecule has 0 aliphatic heterocycles. The second-order valence-corrected chi connectivity index (χ2v) is 12.8. The Hall–Kier alpha value is -4.59. The molecular weight excluding hydrogens is 676 g/mol. The first kappa shape index (κ1) is 32.8. The lowest BCUT2D eigenvalue weighted by molar-refractivity contribution is 0.0980. The molecule has 1 aliphatic carbocycles. The van der Waals surface area contributed by atoms with Crippen LogP contribution >= 0.6 is 11.6 Å². The SMILES string of the molecule is COc1ccc(Nc2cc(S(=O)(=O)O)c(N)c3c2C(=O)c2ccccc2C3=O)c(S(=O)(=O)O)c1CNCc1nc(F)nc(F)c1Cl. The third-order valence-electron chi connectivity index (χ3n) is 6.89. The number of benzene rings is 3. The highest BCUT2D eigenvalue weighted by atomic mass is 35.5. The molecule has 0 atom stereocenters. The topological polar surface area (TPSA) is 228 Å². The van der Waals surface area contributed by atoms with Gasteiger partial charge in [-0.25, -0.2) is 4.98 Å². The normalized spacial score (nSPS) is 12.9. The molecule has 0 bridgehead atoms. The molecule has 6 N–H and O–H groups in total. The van der Waals surface area contributed by atoms with E-state index in [-0.39, 0.29) is 28.1 Å².